The van der Waals surface area contributed by atoms with Crippen LogP contribution < -0.4 is 0 Å². The van der Waals surface area contributed by atoms with E-state index in [1.54, 1.807) is 9.80 Å². The fraction of sp³-hybridized carbons (Fsp3) is 0.875. The maximum Gasteiger partial charge on any atom is 0.327 e. The second kappa shape index (κ2) is 17.1. The van der Waals surface area contributed by atoms with E-state index in [9.17, 15) is 19.2 Å². The molecule has 2 aliphatic rings. The van der Waals surface area contributed by atoms with Crippen LogP contribution in [0.2, 0.25) is 0 Å². The summed E-state index contributed by atoms with van der Waals surface area (Å²) in [5, 5.41) is 0. The Morgan fingerprint density at radius 1 is 0.561 bits per heavy atom. The van der Waals surface area contributed by atoms with Crippen molar-refractivity contribution in [1.82, 2.24) is 19.6 Å². The number of ether oxygens (including phenoxy) is 1. The van der Waals surface area contributed by atoms with Gasteiger partial charge in [-0.2, -0.15) is 0 Å². The van der Waals surface area contributed by atoms with Gasteiger partial charge < -0.3 is 14.5 Å². The zero-order valence-electron chi connectivity index (χ0n) is 27.0. The average molecular weight is 579 g/mol. The zero-order valence-corrected chi connectivity index (χ0v) is 27.0. The summed E-state index contributed by atoms with van der Waals surface area (Å²) in [4.78, 5) is 55.6. The molecule has 236 valence electrons. The summed E-state index contributed by atoms with van der Waals surface area (Å²) in [6, 6.07) is -0.274. The Labute approximate surface area is 249 Å². The van der Waals surface area contributed by atoms with Gasteiger partial charge in [0.1, 0.15) is 13.1 Å². The van der Waals surface area contributed by atoms with Crippen LogP contribution in [0.3, 0.4) is 0 Å². The molecule has 0 aromatic rings. The van der Waals surface area contributed by atoms with Gasteiger partial charge in [-0.1, -0.05) is 66.2 Å². The van der Waals surface area contributed by atoms with Crippen LogP contribution in [0.25, 0.3) is 0 Å². The summed E-state index contributed by atoms with van der Waals surface area (Å²) in [6.07, 6.45) is 12.3. The predicted octanol–water partition coefficient (Wildman–Crippen LogP) is 6.30. The fourth-order valence-electron chi connectivity index (χ4n) is 6.49. The molecule has 0 N–H and O–H groups in total. The van der Waals surface area contributed by atoms with Gasteiger partial charge in [-0.05, 0) is 63.2 Å². The molecule has 0 aromatic heterocycles. The first kappa shape index (κ1) is 35.0. The van der Waals surface area contributed by atoms with E-state index in [0.717, 1.165) is 90.3 Å². The standard InChI is InChI=1S/C32H58N4O5/c1-7-31(8-2,19-21-35-27(37)25-33(11-5)29(35)39)17-13-15-23-41-24-16-14-18-32(9-3,10-4)20-22-36-28(38)26-34(12-6)30(36)40/h7-26H2,1-6H3. The number of likely N-dealkylation sites (N-methyl/N-ethyl adjacent to an activating group) is 2. The summed E-state index contributed by atoms with van der Waals surface area (Å²) in [7, 11) is 0. The van der Waals surface area contributed by atoms with Crippen molar-refractivity contribution in [3.63, 3.8) is 0 Å². The lowest BCUT2D eigenvalue weighted by Crippen LogP contribution is -2.36. The van der Waals surface area contributed by atoms with E-state index in [2.05, 4.69) is 27.7 Å². The number of urea groups is 2. The molecule has 0 saturated carbocycles. The highest BCUT2D eigenvalue weighted by molar-refractivity contribution is 6.02. The van der Waals surface area contributed by atoms with Gasteiger partial charge in [0.2, 0.25) is 11.8 Å². The quantitative estimate of drug-likeness (QED) is 0.111. The molecular formula is C32H58N4O5. The number of unbranched alkanes of at least 4 members (excludes halogenated alkanes) is 2. The van der Waals surface area contributed by atoms with Gasteiger partial charge in [0.15, 0.2) is 0 Å². The Morgan fingerprint density at radius 2 is 0.927 bits per heavy atom. The molecule has 0 atom stereocenters. The zero-order chi connectivity index (χ0) is 30.5. The van der Waals surface area contributed by atoms with E-state index in [4.69, 9.17) is 4.74 Å². The molecule has 6 amide bonds. The molecule has 9 heteroatoms. The molecule has 9 nitrogen and oxygen atoms in total. The van der Waals surface area contributed by atoms with E-state index in [0.29, 0.717) is 26.2 Å². The highest BCUT2D eigenvalue weighted by Gasteiger charge is 2.38. The molecule has 0 spiro atoms. The SMILES string of the molecule is CCN1CC(=O)N(CCC(CC)(CC)CCCCOCCCCC(CC)(CC)CCN2C(=O)CN(CC)C2=O)C1=O. The third kappa shape index (κ3) is 9.42. The van der Waals surface area contributed by atoms with Crippen LogP contribution in [0.5, 0.6) is 0 Å². The Morgan fingerprint density at radius 3 is 1.22 bits per heavy atom. The minimum Gasteiger partial charge on any atom is -0.381 e. The third-order valence-corrected chi connectivity index (χ3v) is 10.2. The van der Waals surface area contributed by atoms with Crippen LogP contribution >= 0.6 is 0 Å². The first-order valence-corrected chi connectivity index (χ1v) is 16.4. The highest BCUT2D eigenvalue weighted by Crippen LogP contribution is 2.38. The lowest BCUT2D eigenvalue weighted by Gasteiger charge is -2.33. The monoisotopic (exact) mass is 578 g/mol. The second-order valence-electron chi connectivity index (χ2n) is 12.1. The van der Waals surface area contributed by atoms with Crippen molar-refractivity contribution in [1.29, 1.82) is 0 Å². The van der Waals surface area contributed by atoms with Gasteiger partial charge in [0.25, 0.3) is 0 Å². The second-order valence-corrected chi connectivity index (χ2v) is 12.1. The first-order valence-electron chi connectivity index (χ1n) is 16.4. The van der Waals surface area contributed by atoms with Crippen molar-refractivity contribution in [3.8, 4) is 0 Å². The summed E-state index contributed by atoms with van der Waals surface area (Å²) >= 11 is 0. The summed E-state index contributed by atoms with van der Waals surface area (Å²) in [5.74, 6) is -0.136. The summed E-state index contributed by atoms with van der Waals surface area (Å²) < 4.78 is 5.98. The van der Waals surface area contributed by atoms with Crippen molar-refractivity contribution in [3.05, 3.63) is 0 Å². The van der Waals surface area contributed by atoms with Gasteiger partial charge in [0.05, 0.1) is 0 Å². The van der Waals surface area contributed by atoms with Crippen LogP contribution in [0.15, 0.2) is 0 Å². The molecule has 2 saturated heterocycles. The molecule has 0 unspecified atom stereocenters. The third-order valence-electron chi connectivity index (χ3n) is 10.2. The normalized spacial score (nSPS) is 16.7. The van der Waals surface area contributed by atoms with Crippen LogP contribution in [-0.4, -0.2) is 96.0 Å². The number of imide groups is 2. The van der Waals surface area contributed by atoms with E-state index >= 15 is 0 Å². The van der Waals surface area contributed by atoms with Gasteiger partial charge in [-0.3, -0.25) is 19.4 Å². The predicted molar refractivity (Wildman–Crippen MR) is 162 cm³/mol. The van der Waals surface area contributed by atoms with Gasteiger partial charge in [0, 0.05) is 39.4 Å². The lowest BCUT2D eigenvalue weighted by atomic mass is 9.75. The van der Waals surface area contributed by atoms with Gasteiger partial charge >= 0.3 is 12.1 Å². The molecule has 2 heterocycles. The summed E-state index contributed by atoms with van der Waals surface area (Å²) in [6.45, 7) is 16.9. The molecular weight excluding hydrogens is 520 g/mol. The van der Waals surface area contributed by atoms with Crippen LogP contribution in [0.4, 0.5) is 9.59 Å². The van der Waals surface area contributed by atoms with Crippen LogP contribution in [0.1, 0.15) is 119 Å². The van der Waals surface area contributed by atoms with Crippen LogP contribution in [0, 0.1) is 10.8 Å². The molecule has 0 aromatic carbocycles. The van der Waals surface area contributed by atoms with Gasteiger partial charge in [-0.25, -0.2) is 9.59 Å². The smallest absolute Gasteiger partial charge is 0.327 e. The Kier molecular flexibility index (Phi) is 14.6. The molecule has 2 fully saturated rings. The Hall–Kier alpha value is -2.16. The van der Waals surface area contributed by atoms with E-state index in [1.165, 1.54) is 9.80 Å². The first-order chi connectivity index (χ1) is 19.6. The van der Waals surface area contributed by atoms with Crippen LogP contribution in [-0.2, 0) is 14.3 Å². The van der Waals surface area contributed by atoms with Crippen molar-refractivity contribution >= 4 is 23.9 Å². The maximum atomic E-state index is 12.5. The number of amides is 6. The minimum absolute atomic E-state index is 0.0680. The van der Waals surface area contributed by atoms with E-state index in [1.807, 2.05) is 13.8 Å². The number of rotatable bonds is 22. The van der Waals surface area contributed by atoms with Crippen molar-refractivity contribution in [2.24, 2.45) is 10.8 Å². The number of hydrogen-bond donors (Lipinski definition) is 0. The molecule has 2 rings (SSSR count). The molecule has 0 aliphatic carbocycles. The summed E-state index contributed by atoms with van der Waals surface area (Å²) in [5.41, 5.74) is 0.311. The lowest BCUT2D eigenvalue weighted by molar-refractivity contribution is -0.126. The van der Waals surface area contributed by atoms with E-state index in [-0.39, 0.29) is 47.8 Å². The van der Waals surface area contributed by atoms with Crippen molar-refractivity contribution < 1.29 is 23.9 Å². The average Bonchev–Trinajstić information content (AvgIpc) is 3.43. The maximum absolute atomic E-state index is 12.5. The topological polar surface area (TPSA) is 90.5 Å². The Bertz CT molecular complexity index is 787. The number of nitrogens with zero attached hydrogens (tertiary/aromatic N) is 4. The fourth-order valence-corrected chi connectivity index (χ4v) is 6.49. The highest BCUT2D eigenvalue weighted by atomic mass is 16.5. The minimum atomic E-state index is -0.137. The molecule has 2 aliphatic heterocycles. The molecule has 0 radical (unpaired) electrons. The van der Waals surface area contributed by atoms with Crippen molar-refractivity contribution in [2.45, 2.75) is 119 Å². The van der Waals surface area contributed by atoms with E-state index < -0.39 is 0 Å². The molecule has 41 heavy (non-hydrogen) atoms. The number of hydrogen-bond acceptors (Lipinski definition) is 5. The van der Waals surface area contributed by atoms with Crippen molar-refractivity contribution in [2.75, 3.05) is 52.5 Å². The van der Waals surface area contributed by atoms with Gasteiger partial charge in [-0.15, -0.1) is 0 Å². The molecule has 0 bridgehead atoms. The number of carbonyl (C=O) groups is 4. The largest absolute Gasteiger partial charge is 0.381 e. The number of carbonyl (C=O) groups excluding carboxylic acids is 4. The Balaban J connectivity index is 1.65.